The molecule has 1 atom stereocenters. The average Bonchev–Trinajstić information content (AvgIpc) is 2.41. The second-order valence-electron chi connectivity index (χ2n) is 5.15. The van der Waals surface area contributed by atoms with Crippen LogP contribution in [0.25, 0.3) is 0 Å². The number of benzene rings is 1. The summed E-state index contributed by atoms with van der Waals surface area (Å²) in [6, 6.07) is 10.6. The fourth-order valence-corrected chi connectivity index (χ4v) is 2.22. The van der Waals surface area contributed by atoms with Gasteiger partial charge in [-0.05, 0) is 42.7 Å². The quantitative estimate of drug-likeness (QED) is 0.911. The Kier molecular flexibility index (Phi) is 4.69. The highest BCUT2D eigenvalue weighted by atomic mass is 19.1. The first-order valence-corrected chi connectivity index (χ1v) is 6.71. The van der Waals surface area contributed by atoms with Gasteiger partial charge in [0.15, 0.2) is 0 Å². The van der Waals surface area contributed by atoms with Crippen LogP contribution >= 0.6 is 0 Å². The molecule has 0 radical (unpaired) electrons. The number of halogens is 1. The summed E-state index contributed by atoms with van der Waals surface area (Å²) >= 11 is 0. The number of rotatable bonds is 5. The zero-order valence-corrected chi connectivity index (χ0v) is 11.9. The van der Waals surface area contributed by atoms with Crippen molar-refractivity contribution in [1.82, 2.24) is 4.98 Å². The molecule has 0 spiro atoms. The molecule has 0 saturated carbocycles. The highest BCUT2D eigenvalue weighted by Gasteiger charge is 2.10. The molecule has 0 aliphatic heterocycles. The molecule has 4 heteroatoms. The van der Waals surface area contributed by atoms with Crippen LogP contribution in [0, 0.1) is 5.82 Å². The molecule has 0 aliphatic carbocycles. The molecule has 0 fully saturated rings. The van der Waals surface area contributed by atoms with E-state index in [-0.39, 0.29) is 11.9 Å². The Labute approximate surface area is 119 Å². The van der Waals surface area contributed by atoms with E-state index in [4.69, 9.17) is 5.73 Å². The molecule has 0 saturated heterocycles. The van der Waals surface area contributed by atoms with Gasteiger partial charge in [0.25, 0.3) is 0 Å². The summed E-state index contributed by atoms with van der Waals surface area (Å²) in [5.41, 5.74) is 8.05. The van der Waals surface area contributed by atoms with E-state index < -0.39 is 0 Å². The van der Waals surface area contributed by atoms with Gasteiger partial charge in [0.05, 0.1) is 0 Å². The molecule has 106 valence electrons. The van der Waals surface area contributed by atoms with Crippen molar-refractivity contribution < 1.29 is 4.39 Å². The highest BCUT2D eigenvalue weighted by Crippen LogP contribution is 2.19. The number of nitrogens with zero attached hydrogens (tertiary/aromatic N) is 2. The number of hydrogen-bond donors (Lipinski definition) is 1. The first-order valence-electron chi connectivity index (χ1n) is 6.71. The molecule has 2 rings (SSSR count). The normalized spacial score (nSPS) is 12.2. The maximum absolute atomic E-state index is 12.9. The molecular weight excluding hydrogens is 253 g/mol. The first-order chi connectivity index (χ1) is 9.56. The maximum atomic E-state index is 12.9. The molecule has 2 aromatic rings. The lowest BCUT2D eigenvalue weighted by atomic mass is 10.1. The van der Waals surface area contributed by atoms with Gasteiger partial charge in [-0.25, -0.2) is 9.37 Å². The van der Waals surface area contributed by atoms with Crippen molar-refractivity contribution in [3.63, 3.8) is 0 Å². The number of nitrogens with two attached hydrogens (primary N) is 1. The summed E-state index contributed by atoms with van der Waals surface area (Å²) < 4.78 is 12.9. The molecular formula is C16H20FN3. The van der Waals surface area contributed by atoms with E-state index in [1.807, 2.05) is 26.1 Å². The summed E-state index contributed by atoms with van der Waals surface area (Å²) in [5.74, 6) is 0.709. The zero-order valence-electron chi connectivity index (χ0n) is 11.9. The van der Waals surface area contributed by atoms with Crippen molar-refractivity contribution in [3.05, 3.63) is 59.5 Å². The van der Waals surface area contributed by atoms with Crippen molar-refractivity contribution in [2.45, 2.75) is 25.9 Å². The highest BCUT2D eigenvalue weighted by molar-refractivity contribution is 5.47. The van der Waals surface area contributed by atoms with Gasteiger partial charge < -0.3 is 10.6 Å². The second-order valence-corrected chi connectivity index (χ2v) is 5.15. The standard InChI is InChI=1S/C16H20FN3/c1-12(18)10-14-4-3-9-19-16(14)20(2)11-13-5-7-15(17)8-6-13/h3-9,12H,10-11,18H2,1-2H3. The minimum Gasteiger partial charge on any atom is -0.355 e. The van der Waals surface area contributed by atoms with E-state index in [1.165, 1.54) is 12.1 Å². The van der Waals surface area contributed by atoms with Crippen LogP contribution in [-0.4, -0.2) is 18.1 Å². The van der Waals surface area contributed by atoms with Gasteiger partial charge in [0.1, 0.15) is 11.6 Å². The minimum absolute atomic E-state index is 0.0946. The molecule has 1 aromatic heterocycles. The molecule has 0 amide bonds. The van der Waals surface area contributed by atoms with Crippen LogP contribution in [0.5, 0.6) is 0 Å². The fraction of sp³-hybridized carbons (Fsp3) is 0.312. The predicted molar refractivity (Wildman–Crippen MR) is 80.1 cm³/mol. The van der Waals surface area contributed by atoms with E-state index in [2.05, 4.69) is 9.88 Å². The lowest BCUT2D eigenvalue weighted by Gasteiger charge is -2.22. The van der Waals surface area contributed by atoms with E-state index in [9.17, 15) is 4.39 Å². The van der Waals surface area contributed by atoms with Crippen molar-refractivity contribution in [2.24, 2.45) is 5.73 Å². The molecule has 1 unspecified atom stereocenters. The van der Waals surface area contributed by atoms with Crippen molar-refractivity contribution in [3.8, 4) is 0 Å². The Morgan fingerprint density at radius 2 is 1.95 bits per heavy atom. The number of pyridine rings is 1. The number of hydrogen-bond acceptors (Lipinski definition) is 3. The zero-order chi connectivity index (χ0) is 14.5. The van der Waals surface area contributed by atoms with Gasteiger partial charge in [0, 0.05) is 25.8 Å². The Balaban J connectivity index is 2.16. The van der Waals surface area contributed by atoms with Crippen molar-refractivity contribution >= 4 is 5.82 Å². The molecule has 3 nitrogen and oxygen atoms in total. The van der Waals surface area contributed by atoms with E-state index in [0.29, 0.717) is 6.54 Å². The Morgan fingerprint density at radius 1 is 1.25 bits per heavy atom. The molecule has 1 aromatic carbocycles. The van der Waals surface area contributed by atoms with Crippen LogP contribution in [0.4, 0.5) is 10.2 Å². The lowest BCUT2D eigenvalue weighted by Crippen LogP contribution is -2.23. The van der Waals surface area contributed by atoms with Crippen LogP contribution in [-0.2, 0) is 13.0 Å². The smallest absolute Gasteiger partial charge is 0.131 e. The number of anilines is 1. The van der Waals surface area contributed by atoms with Crippen LogP contribution in [0.15, 0.2) is 42.6 Å². The Morgan fingerprint density at radius 3 is 2.60 bits per heavy atom. The van der Waals surface area contributed by atoms with Crippen molar-refractivity contribution in [2.75, 3.05) is 11.9 Å². The Hall–Kier alpha value is -1.94. The SMILES string of the molecule is CC(N)Cc1cccnc1N(C)Cc1ccc(F)cc1. The van der Waals surface area contributed by atoms with Crippen molar-refractivity contribution in [1.29, 1.82) is 0 Å². The molecule has 0 aliphatic rings. The minimum atomic E-state index is -0.216. The molecule has 1 heterocycles. The van der Waals surface area contributed by atoms with E-state index in [1.54, 1.807) is 18.3 Å². The third-order valence-corrected chi connectivity index (χ3v) is 3.10. The van der Waals surface area contributed by atoms with Gasteiger partial charge in [0.2, 0.25) is 0 Å². The van der Waals surface area contributed by atoms with Crippen LogP contribution in [0.3, 0.4) is 0 Å². The van der Waals surface area contributed by atoms with Gasteiger partial charge in [-0.2, -0.15) is 0 Å². The summed E-state index contributed by atoms with van der Waals surface area (Å²) in [6.45, 7) is 2.67. The fourth-order valence-electron chi connectivity index (χ4n) is 2.22. The van der Waals surface area contributed by atoms with Crippen LogP contribution in [0.2, 0.25) is 0 Å². The summed E-state index contributed by atoms with van der Waals surface area (Å²) in [4.78, 5) is 6.50. The van der Waals surface area contributed by atoms with Crippen LogP contribution in [0.1, 0.15) is 18.1 Å². The third-order valence-electron chi connectivity index (χ3n) is 3.10. The molecule has 20 heavy (non-hydrogen) atoms. The summed E-state index contributed by atoms with van der Waals surface area (Å²) in [5, 5.41) is 0. The monoisotopic (exact) mass is 273 g/mol. The van der Waals surface area contributed by atoms with Gasteiger partial charge in [-0.15, -0.1) is 0 Å². The lowest BCUT2D eigenvalue weighted by molar-refractivity contribution is 0.627. The summed E-state index contributed by atoms with van der Waals surface area (Å²) in [7, 11) is 1.98. The number of aromatic nitrogens is 1. The van der Waals surface area contributed by atoms with E-state index >= 15 is 0 Å². The summed E-state index contributed by atoms with van der Waals surface area (Å²) in [6.07, 6.45) is 2.57. The maximum Gasteiger partial charge on any atom is 0.131 e. The topological polar surface area (TPSA) is 42.1 Å². The van der Waals surface area contributed by atoms with Gasteiger partial charge >= 0.3 is 0 Å². The van der Waals surface area contributed by atoms with Gasteiger partial charge in [-0.1, -0.05) is 18.2 Å². The molecule has 2 N–H and O–H groups in total. The third kappa shape index (κ3) is 3.78. The second kappa shape index (κ2) is 6.48. The average molecular weight is 273 g/mol. The predicted octanol–water partition coefficient (Wildman–Crippen LogP) is 2.75. The van der Waals surface area contributed by atoms with Crippen LogP contribution < -0.4 is 10.6 Å². The van der Waals surface area contributed by atoms with E-state index in [0.717, 1.165) is 23.4 Å². The van der Waals surface area contributed by atoms with Gasteiger partial charge in [-0.3, -0.25) is 0 Å². The largest absolute Gasteiger partial charge is 0.355 e. The first kappa shape index (κ1) is 14.5. The Bertz CT molecular complexity index is 552. The molecule has 0 bridgehead atoms.